The molecule has 0 atom stereocenters. The van der Waals surface area contributed by atoms with Crippen molar-refractivity contribution in [3.8, 4) is 0 Å². The lowest BCUT2D eigenvalue weighted by atomic mass is 9.80. The SMILES string of the molecule is Cc1nn(C)c(C)c1NC(=O)C1(C)CCNCC1. The van der Waals surface area contributed by atoms with Gasteiger partial charge in [0.2, 0.25) is 5.91 Å². The maximum Gasteiger partial charge on any atom is 0.230 e. The number of nitrogens with zero attached hydrogens (tertiary/aromatic N) is 2. The van der Waals surface area contributed by atoms with Gasteiger partial charge in [-0.3, -0.25) is 9.48 Å². The number of amides is 1. The Kier molecular flexibility index (Phi) is 3.43. The topological polar surface area (TPSA) is 59.0 Å². The molecule has 0 saturated carbocycles. The first-order valence-electron chi connectivity index (χ1n) is 6.46. The Morgan fingerprint density at radius 3 is 2.50 bits per heavy atom. The van der Waals surface area contributed by atoms with Gasteiger partial charge in [-0.05, 0) is 39.8 Å². The molecule has 1 amide bonds. The molecule has 0 radical (unpaired) electrons. The van der Waals surface area contributed by atoms with E-state index in [1.165, 1.54) is 0 Å². The lowest BCUT2D eigenvalue weighted by molar-refractivity contribution is -0.126. The predicted octanol–water partition coefficient (Wildman–Crippen LogP) is 1.37. The second kappa shape index (κ2) is 4.72. The lowest BCUT2D eigenvalue weighted by Crippen LogP contribution is -2.43. The Morgan fingerprint density at radius 1 is 1.39 bits per heavy atom. The molecule has 1 aromatic heterocycles. The first-order valence-corrected chi connectivity index (χ1v) is 6.46. The van der Waals surface area contributed by atoms with E-state index in [2.05, 4.69) is 15.7 Å². The molecule has 1 saturated heterocycles. The van der Waals surface area contributed by atoms with E-state index in [-0.39, 0.29) is 11.3 Å². The molecule has 100 valence electrons. The van der Waals surface area contributed by atoms with E-state index in [4.69, 9.17) is 0 Å². The van der Waals surface area contributed by atoms with Gasteiger partial charge in [-0.1, -0.05) is 6.92 Å². The number of nitrogens with one attached hydrogen (secondary N) is 2. The van der Waals surface area contributed by atoms with Crippen LogP contribution in [0.3, 0.4) is 0 Å². The van der Waals surface area contributed by atoms with Crippen molar-refractivity contribution in [3.63, 3.8) is 0 Å². The predicted molar refractivity (Wildman–Crippen MR) is 71.5 cm³/mol. The minimum absolute atomic E-state index is 0.114. The van der Waals surface area contributed by atoms with Crippen molar-refractivity contribution >= 4 is 11.6 Å². The molecule has 5 nitrogen and oxygen atoms in total. The monoisotopic (exact) mass is 250 g/mol. The number of rotatable bonds is 2. The molecule has 2 N–H and O–H groups in total. The minimum atomic E-state index is -0.264. The Balaban J connectivity index is 2.16. The first kappa shape index (κ1) is 13.1. The van der Waals surface area contributed by atoms with Crippen LogP contribution in [0.15, 0.2) is 0 Å². The van der Waals surface area contributed by atoms with Crippen LogP contribution in [-0.4, -0.2) is 28.8 Å². The van der Waals surface area contributed by atoms with Gasteiger partial charge in [-0.2, -0.15) is 5.10 Å². The zero-order chi connectivity index (χ0) is 13.3. The molecule has 0 spiro atoms. The number of carbonyl (C=O) groups excluding carboxylic acids is 1. The second-order valence-corrected chi connectivity index (χ2v) is 5.43. The molecule has 1 aliphatic rings. The fourth-order valence-electron chi connectivity index (χ4n) is 2.42. The zero-order valence-corrected chi connectivity index (χ0v) is 11.6. The molecule has 18 heavy (non-hydrogen) atoms. The Morgan fingerprint density at radius 2 is 2.00 bits per heavy atom. The third kappa shape index (κ3) is 2.27. The van der Waals surface area contributed by atoms with E-state index in [1.54, 1.807) is 4.68 Å². The van der Waals surface area contributed by atoms with Crippen molar-refractivity contribution in [2.24, 2.45) is 12.5 Å². The summed E-state index contributed by atoms with van der Waals surface area (Å²) in [6, 6.07) is 0. The van der Waals surface area contributed by atoms with E-state index < -0.39 is 0 Å². The summed E-state index contributed by atoms with van der Waals surface area (Å²) >= 11 is 0. The van der Waals surface area contributed by atoms with Crippen molar-refractivity contribution in [1.29, 1.82) is 0 Å². The van der Waals surface area contributed by atoms with Crippen LogP contribution in [-0.2, 0) is 11.8 Å². The molecule has 0 aliphatic carbocycles. The Hall–Kier alpha value is -1.36. The Labute approximate surface area is 108 Å². The van der Waals surface area contributed by atoms with Gasteiger partial charge in [-0.25, -0.2) is 0 Å². The van der Waals surface area contributed by atoms with Crippen molar-refractivity contribution in [2.75, 3.05) is 18.4 Å². The third-order valence-corrected chi connectivity index (χ3v) is 4.00. The highest BCUT2D eigenvalue weighted by molar-refractivity contribution is 5.96. The Bertz CT molecular complexity index is 458. The van der Waals surface area contributed by atoms with Crippen molar-refractivity contribution in [1.82, 2.24) is 15.1 Å². The molecule has 1 aliphatic heterocycles. The number of aromatic nitrogens is 2. The van der Waals surface area contributed by atoms with Gasteiger partial charge in [0.1, 0.15) is 0 Å². The van der Waals surface area contributed by atoms with Gasteiger partial charge < -0.3 is 10.6 Å². The largest absolute Gasteiger partial charge is 0.322 e. The van der Waals surface area contributed by atoms with E-state index in [9.17, 15) is 4.79 Å². The molecule has 0 aromatic carbocycles. The van der Waals surface area contributed by atoms with Crippen molar-refractivity contribution in [2.45, 2.75) is 33.6 Å². The number of piperidine rings is 1. The summed E-state index contributed by atoms with van der Waals surface area (Å²) in [6.07, 6.45) is 1.77. The summed E-state index contributed by atoms with van der Waals surface area (Å²) < 4.78 is 1.80. The van der Waals surface area contributed by atoms with Gasteiger partial charge in [0.25, 0.3) is 0 Å². The molecule has 2 rings (SSSR count). The fourth-order valence-corrected chi connectivity index (χ4v) is 2.42. The summed E-state index contributed by atoms with van der Waals surface area (Å²) in [4.78, 5) is 12.4. The summed E-state index contributed by atoms with van der Waals surface area (Å²) in [7, 11) is 1.89. The average molecular weight is 250 g/mol. The second-order valence-electron chi connectivity index (χ2n) is 5.43. The molecule has 0 bridgehead atoms. The minimum Gasteiger partial charge on any atom is -0.322 e. The molecular weight excluding hydrogens is 228 g/mol. The van der Waals surface area contributed by atoms with Crippen LogP contribution in [0.1, 0.15) is 31.2 Å². The molecule has 0 unspecified atom stereocenters. The molecule has 1 fully saturated rings. The van der Waals surface area contributed by atoms with Crippen LogP contribution >= 0.6 is 0 Å². The normalized spacial score (nSPS) is 18.7. The molecule has 5 heteroatoms. The fraction of sp³-hybridized carbons (Fsp3) is 0.692. The van der Waals surface area contributed by atoms with Crippen LogP contribution in [0.25, 0.3) is 0 Å². The van der Waals surface area contributed by atoms with Crippen LogP contribution in [0, 0.1) is 19.3 Å². The lowest BCUT2D eigenvalue weighted by Gasteiger charge is -2.32. The van der Waals surface area contributed by atoms with Crippen molar-refractivity contribution in [3.05, 3.63) is 11.4 Å². The van der Waals surface area contributed by atoms with Gasteiger partial charge in [0.15, 0.2) is 0 Å². The third-order valence-electron chi connectivity index (χ3n) is 4.00. The highest BCUT2D eigenvalue weighted by Gasteiger charge is 2.35. The number of hydrogen-bond acceptors (Lipinski definition) is 3. The van der Waals surface area contributed by atoms with E-state index in [1.807, 2.05) is 27.8 Å². The van der Waals surface area contributed by atoms with E-state index >= 15 is 0 Å². The van der Waals surface area contributed by atoms with Crippen LogP contribution < -0.4 is 10.6 Å². The van der Waals surface area contributed by atoms with Gasteiger partial charge in [-0.15, -0.1) is 0 Å². The molecule has 1 aromatic rings. The van der Waals surface area contributed by atoms with Gasteiger partial charge >= 0.3 is 0 Å². The standard InChI is InChI=1S/C13H22N4O/c1-9-11(10(2)17(4)16-9)15-12(18)13(3)5-7-14-8-6-13/h14H,5-8H2,1-4H3,(H,15,18). The van der Waals surface area contributed by atoms with Crippen LogP contribution in [0.4, 0.5) is 5.69 Å². The summed E-state index contributed by atoms with van der Waals surface area (Å²) in [5, 5.41) is 10.7. The number of aryl methyl sites for hydroxylation is 2. The van der Waals surface area contributed by atoms with E-state index in [0.29, 0.717) is 0 Å². The quantitative estimate of drug-likeness (QED) is 0.833. The van der Waals surface area contributed by atoms with Crippen LogP contribution in [0.5, 0.6) is 0 Å². The highest BCUT2D eigenvalue weighted by Crippen LogP contribution is 2.30. The summed E-state index contributed by atoms with van der Waals surface area (Å²) in [5.41, 5.74) is 2.47. The molecular formula is C13H22N4O. The van der Waals surface area contributed by atoms with E-state index in [0.717, 1.165) is 43.0 Å². The number of carbonyl (C=O) groups is 1. The highest BCUT2D eigenvalue weighted by atomic mass is 16.2. The first-order chi connectivity index (χ1) is 8.44. The average Bonchev–Trinajstić information content (AvgIpc) is 2.57. The number of hydrogen-bond donors (Lipinski definition) is 2. The van der Waals surface area contributed by atoms with Gasteiger partial charge in [0.05, 0.1) is 17.1 Å². The summed E-state index contributed by atoms with van der Waals surface area (Å²) in [6.45, 7) is 7.77. The van der Waals surface area contributed by atoms with Crippen LogP contribution in [0.2, 0.25) is 0 Å². The van der Waals surface area contributed by atoms with Gasteiger partial charge in [0, 0.05) is 12.5 Å². The zero-order valence-electron chi connectivity index (χ0n) is 11.6. The summed E-state index contributed by atoms with van der Waals surface area (Å²) in [5.74, 6) is 0.114. The maximum atomic E-state index is 12.4. The number of anilines is 1. The maximum absolute atomic E-state index is 12.4. The smallest absolute Gasteiger partial charge is 0.230 e. The van der Waals surface area contributed by atoms with Crippen molar-refractivity contribution < 1.29 is 4.79 Å². The molecule has 2 heterocycles.